The van der Waals surface area contributed by atoms with E-state index in [1.165, 1.54) is 12.0 Å². The number of piperidine rings is 1. The minimum atomic E-state index is 0.0976. The van der Waals surface area contributed by atoms with Crippen LogP contribution in [0.5, 0.6) is 5.75 Å². The number of hydrogen-bond donors (Lipinski definition) is 1. The zero-order valence-corrected chi connectivity index (χ0v) is 15.6. The fourth-order valence-electron chi connectivity index (χ4n) is 3.79. The van der Waals surface area contributed by atoms with Gasteiger partial charge in [-0.25, -0.2) is 0 Å². The van der Waals surface area contributed by atoms with E-state index in [1.54, 1.807) is 6.07 Å². The van der Waals surface area contributed by atoms with Gasteiger partial charge in [0.05, 0.1) is 0 Å². The van der Waals surface area contributed by atoms with Crippen molar-refractivity contribution in [2.45, 2.75) is 64.7 Å². The lowest BCUT2D eigenvalue weighted by atomic mass is 9.68. The fraction of sp³-hybridized carbons (Fsp3) is 0.667. The van der Waals surface area contributed by atoms with Crippen LogP contribution in [0.4, 0.5) is 0 Å². The standard InChI is InChI=1S/C21H33NO2/c1-4-5-6-9-19(23)11-13-22-14-12-21(3,17(2)16-22)18-8-7-10-20(24)15-18/h7-8,10,15,17,24H,4-6,9,11-14,16H2,1-3H3/t17-,21-/m0/s1. The van der Waals surface area contributed by atoms with E-state index < -0.39 is 0 Å². The van der Waals surface area contributed by atoms with Gasteiger partial charge < -0.3 is 10.0 Å². The number of carbonyl (C=O) groups excluding carboxylic acids is 1. The van der Waals surface area contributed by atoms with Crippen LogP contribution in [0, 0.1) is 5.92 Å². The Kier molecular flexibility index (Phi) is 6.85. The van der Waals surface area contributed by atoms with Crippen molar-refractivity contribution in [2.75, 3.05) is 19.6 Å². The van der Waals surface area contributed by atoms with E-state index in [9.17, 15) is 9.90 Å². The first kappa shape index (κ1) is 19.0. The van der Waals surface area contributed by atoms with Crippen LogP contribution in [0.2, 0.25) is 0 Å². The molecular formula is C21H33NO2. The maximum absolute atomic E-state index is 12.0. The Balaban J connectivity index is 1.85. The molecule has 0 bridgehead atoms. The lowest BCUT2D eigenvalue weighted by Gasteiger charge is -2.45. The van der Waals surface area contributed by atoms with Crippen LogP contribution in [0.25, 0.3) is 0 Å². The number of nitrogens with zero attached hydrogens (tertiary/aromatic N) is 1. The predicted octanol–water partition coefficient (Wildman–Crippen LogP) is 4.53. The van der Waals surface area contributed by atoms with E-state index in [0.717, 1.165) is 45.3 Å². The highest BCUT2D eigenvalue weighted by molar-refractivity contribution is 5.78. The molecular weight excluding hydrogens is 298 g/mol. The van der Waals surface area contributed by atoms with Gasteiger partial charge in [0.1, 0.15) is 11.5 Å². The smallest absolute Gasteiger partial charge is 0.134 e. The molecule has 2 rings (SSSR count). The molecule has 134 valence electrons. The molecule has 24 heavy (non-hydrogen) atoms. The summed E-state index contributed by atoms with van der Waals surface area (Å²) in [6.07, 6.45) is 5.89. The zero-order chi connectivity index (χ0) is 17.6. The number of rotatable bonds is 8. The first-order valence-electron chi connectivity index (χ1n) is 9.49. The summed E-state index contributed by atoms with van der Waals surface area (Å²) < 4.78 is 0. The van der Waals surface area contributed by atoms with Crippen LogP contribution >= 0.6 is 0 Å². The topological polar surface area (TPSA) is 40.5 Å². The molecule has 2 atom stereocenters. The van der Waals surface area contributed by atoms with Gasteiger partial charge in [-0.1, -0.05) is 45.7 Å². The van der Waals surface area contributed by atoms with E-state index in [4.69, 9.17) is 0 Å². The highest BCUT2D eigenvalue weighted by Gasteiger charge is 2.37. The summed E-state index contributed by atoms with van der Waals surface area (Å²) >= 11 is 0. The van der Waals surface area contributed by atoms with Gasteiger partial charge in [0.25, 0.3) is 0 Å². The molecule has 1 N–H and O–H groups in total. The molecule has 0 saturated carbocycles. The minimum Gasteiger partial charge on any atom is -0.508 e. The fourth-order valence-corrected chi connectivity index (χ4v) is 3.79. The highest BCUT2D eigenvalue weighted by atomic mass is 16.3. The van der Waals surface area contributed by atoms with Crippen molar-refractivity contribution < 1.29 is 9.90 Å². The Hall–Kier alpha value is -1.35. The third-order valence-electron chi connectivity index (χ3n) is 5.84. The van der Waals surface area contributed by atoms with Crippen LogP contribution in [0.1, 0.15) is 64.9 Å². The van der Waals surface area contributed by atoms with Crippen LogP contribution < -0.4 is 0 Å². The average molecular weight is 332 g/mol. The Bertz CT molecular complexity index is 542. The van der Waals surface area contributed by atoms with E-state index >= 15 is 0 Å². The summed E-state index contributed by atoms with van der Waals surface area (Å²) in [7, 11) is 0. The van der Waals surface area contributed by atoms with Gasteiger partial charge in [0.15, 0.2) is 0 Å². The number of benzene rings is 1. The van der Waals surface area contributed by atoms with Crippen molar-refractivity contribution in [2.24, 2.45) is 5.92 Å². The van der Waals surface area contributed by atoms with Crippen molar-refractivity contribution in [3.8, 4) is 5.75 Å². The molecule has 0 unspecified atom stereocenters. The number of unbranched alkanes of at least 4 members (excludes halogenated alkanes) is 2. The van der Waals surface area contributed by atoms with Gasteiger partial charge in [0.2, 0.25) is 0 Å². The molecule has 1 fully saturated rings. The molecule has 0 amide bonds. The molecule has 0 aromatic heterocycles. The number of phenols is 1. The molecule has 0 aliphatic carbocycles. The molecule has 3 heteroatoms. The molecule has 1 aromatic rings. The van der Waals surface area contributed by atoms with Crippen molar-refractivity contribution in [1.29, 1.82) is 0 Å². The number of likely N-dealkylation sites (tertiary alicyclic amines) is 1. The first-order valence-corrected chi connectivity index (χ1v) is 9.49. The lowest BCUT2D eigenvalue weighted by Crippen LogP contribution is -2.47. The van der Waals surface area contributed by atoms with Crippen LogP contribution in [-0.2, 0) is 10.2 Å². The summed E-state index contributed by atoms with van der Waals surface area (Å²) in [5, 5.41) is 9.78. The van der Waals surface area contributed by atoms with Gasteiger partial charge in [-0.05, 0) is 48.4 Å². The number of hydrogen-bond acceptors (Lipinski definition) is 3. The summed E-state index contributed by atoms with van der Waals surface area (Å²) in [6.45, 7) is 9.71. The second-order valence-electron chi connectivity index (χ2n) is 7.67. The SMILES string of the molecule is CCCCCC(=O)CCN1CC[C@](C)(c2cccc(O)c2)[C@@H](C)C1. The molecule has 0 radical (unpaired) electrons. The number of ketones is 1. The summed E-state index contributed by atoms with van der Waals surface area (Å²) in [6, 6.07) is 7.70. The van der Waals surface area contributed by atoms with Crippen molar-refractivity contribution >= 4 is 5.78 Å². The molecule has 0 spiro atoms. The van der Waals surface area contributed by atoms with Crippen LogP contribution in [-0.4, -0.2) is 35.4 Å². The maximum Gasteiger partial charge on any atom is 0.134 e. The third-order valence-corrected chi connectivity index (χ3v) is 5.84. The molecule has 3 nitrogen and oxygen atoms in total. The van der Waals surface area contributed by atoms with Gasteiger partial charge in [-0.2, -0.15) is 0 Å². The van der Waals surface area contributed by atoms with Gasteiger partial charge in [-0.3, -0.25) is 4.79 Å². The van der Waals surface area contributed by atoms with Crippen LogP contribution in [0.3, 0.4) is 0 Å². The Morgan fingerprint density at radius 3 is 2.79 bits per heavy atom. The second-order valence-corrected chi connectivity index (χ2v) is 7.67. The van der Waals surface area contributed by atoms with E-state index in [-0.39, 0.29) is 5.41 Å². The third kappa shape index (κ3) is 4.83. The van der Waals surface area contributed by atoms with Gasteiger partial charge in [-0.15, -0.1) is 0 Å². The first-order chi connectivity index (χ1) is 11.5. The number of Topliss-reactive ketones (excluding diaryl/α,β-unsaturated/α-hetero) is 1. The second kappa shape index (κ2) is 8.66. The molecule has 1 aromatic carbocycles. The average Bonchev–Trinajstić information content (AvgIpc) is 2.56. The maximum atomic E-state index is 12.0. The Morgan fingerprint density at radius 2 is 2.12 bits per heavy atom. The van der Waals surface area contributed by atoms with Gasteiger partial charge >= 0.3 is 0 Å². The monoisotopic (exact) mass is 331 g/mol. The Labute approximate surface area is 147 Å². The normalized spacial score (nSPS) is 24.9. The highest BCUT2D eigenvalue weighted by Crippen LogP contribution is 2.40. The van der Waals surface area contributed by atoms with E-state index in [0.29, 0.717) is 23.9 Å². The molecule has 1 aliphatic heterocycles. The van der Waals surface area contributed by atoms with Crippen molar-refractivity contribution in [3.63, 3.8) is 0 Å². The number of phenolic OH excluding ortho intramolecular Hbond substituents is 1. The van der Waals surface area contributed by atoms with E-state index in [1.807, 2.05) is 12.1 Å². The number of aromatic hydroxyl groups is 1. The minimum absolute atomic E-state index is 0.0976. The predicted molar refractivity (Wildman–Crippen MR) is 99.4 cm³/mol. The largest absolute Gasteiger partial charge is 0.508 e. The summed E-state index contributed by atoms with van der Waals surface area (Å²) in [4.78, 5) is 14.4. The summed E-state index contributed by atoms with van der Waals surface area (Å²) in [5.74, 6) is 1.27. The summed E-state index contributed by atoms with van der Waals surface area (Å²) in [5.41, 5.74) is 1.32. The lowest BCUT2D eigenvalue weighted by molar-refractivity contribution is -0.119. The van der Waals surface area contributed by atoms with Gasteiger partial charge in [0, 0.05) is 25.9 Å². The van der Waals surface area contributed by atoms with Crippen LogP contribution in [0.15, 0.2) is 24.3 Å². The van der Waals surface area contributed by atoms with E-state index in [2.05, 4.69) is 31.7 Å². The number of carbonyl (C=O) groups is 1. The molecule has 1 saturated heterocycles. The molecule has 1 heterocycles. The quantitative estimate of drug-likeness (QED) is 0.711. The zero-order valence-electron chi connectivity index (χ0n) is 15.6. The van der Waals surface area contributed by atoms with Crippen molar-refractivity contribution in [1.82, 2.24) is 4.90 Å². The van der Waals surface area contributed by atoms with Crippen molar-refractivity contribution in [3.05, 3.63) is 29.8 Å². The Morgan fingerprint density at radius 1 is 1.33 bits per heavy atom. The molecule has 1 aliphatic rings.